The van der Waals surface area contributed by atoms with Crippen molar-refractivity contribution in [1.82, 2.24) is 0 Å². The highest BCUT2D eigenvalue weighted by Gasteiger charge is 2.56. The molecule has 0 saturated heterocycles. The molecule has 1 amide bonds. The third-order valence-corrected chi connectivity index (χ3v) is 4.91. The maximum atomic E-state index is 13.1. The van der Waals surface area contributed by atoms with Crippen LogP contribution in [0.4, 0.5) is 5.69 Å². The summed E-state index contributed by atoms with van der Waals surface area (Å²) in [7, 11) is 0. The van der Waals surface area contributed by atoms with Crippen LogP contribution in [-0.4, -0.2) is 5.91 Å². The smallest absolute Gasteiger partial charge is 0.250 e. The summed E-state index contributed by atoms with van der Waals surface area (Å²) in [6.45, 7) is 3.63. The Morgan fingerprint density at radius 1 is 0.875 bits per heavy atom. The van der Waals surface area contributed by atoms with Crippen molar-refractivity contribution in [2.24, 2.45) is 0 Å². The molecule has 0 spiro atoms. The van der Waals surface area contributed by atoms with Crippen molar-refractivity contribution in [1.29, 1.82) is 0 Å². The maximum Gasteiger partial charge on any atom is 0.250 e. The molecular weight excluding hydrogens is 349 g/mol. The molecule has 2 aromatic heterocycles. The van der Waals surface area contributed by atoms with E-state index in [0.717, 1.165) is 0 Å². The summed E-state index contributed by atoms with van der Waals surface area (Å²) in [5.41, 5.74) is -0.275. The van der Waals surface area contributed by atoms with Crippen LogP contribution in [0.1, 0.15) is 28.6 Å². The van der Waals surface area contributed by atoms with Gasteiger partial charge in [-0.25, -0.2) is 0 Å². The van der Waals surface area contributed by atoms with Crippen molar-refractivity contribution < 1.29 is 13.6 Å². The van der Waals surface area contributed by atoms with Gasteiger partial charge in [0.05, 0.1) is 10.7 Å². The molecule has 4 nitrogen and oxygen atoms in total. The molecule has 1 aliphatic heterocycles. The second-order valence-corrected chi connectivity index (χ2v) is 6.62. The highest BCUT2D eigenvalue weighted by atomic mass is 35.5. The van der Waals surface area contributed by atoms with Crippen LogP contribution in [-0.2, 0) is 10.2 Å². The average molecular weight is 362 g/mol. The fraction of sp³-hybridized carbons (Fsp3) is 0.167. The minimum Gasteiger partial charge on any atom is -0.464 e. The predicted octanol–water partition coefficient (Wildman–Crippen LogP) is 5.08. The molecule has 1 aromatic carbocycles. The lowest BCUT2D eigenvalue weighted by molar-refractivity contribution is -0.119. The van der Waals surface area contributed by atoms with Gasteiger partial charge in [0.1, 0.15) is 23.0 Å². The van der Waals surface area contributed by atoms with E-state index in [1.54, 1.807) is 36.4 Å². The molecule has 0 atom stereocenters. The first-order chi connectivity index (χ1) is 11.4. The van der Waals surface area contributed by atoms with Crippen LogP contribution in [0.3, 0.4) is 0 Å². The Hall–Kier alpha value is -2.17. The highest BCUT2D eigenvalue weighted by molar-refractivity contribution is 6.38. The molecule has 0 saturated carbocycles. The summed E-state index contributed by atoms with van der Waals surface area (Å²) < 4.78 is 11.7. The van der Waals surface area contributed by atoms with Gasteiger partial charge in [-0.15, -0.1) is 0 Å². The number of rotatable bonds is 2. The quantitative estimate of drug-likeness (QED) is 0.691. The van der Waals surface area contributed by atoms with Gasteiger partial charge in [0, 0.05) is 10.6 Å². The molecule has 0 unspecified atom stereocenters. The molecule has 6 heteroatoms. The number of benzene rings is 1. The molecule has 122 valence electrons. The van der Waals surface area contributed by atoms with Gasteiger partial charge in [0.15, 0.2) is 5.41 Å². The third kappa shape index (κ3) is 1.90. The molecule has 4 rings (SSSR count). The largest absolute Gasteiger partial charge is 0.464 e. The summed E-state index contributed by atoms with van der Waals surface area (Å²) in [6, 6.07) is 10.5. The normalized spacial score (nSPS) is 15.4. The van der Waals surface area contributed by atoms with Gasteiger partial charge in [0.2, 0.25) is 0 Å². The number of carbonyl (C=O) groups excluding carboxylic acids is 1. The second kappa shape index (κ2) is 5.16. The molecule has 1 aliphatic rings. The number of anilines is 1. The van der Waals surface area contributed by atoms with E-state index in [1.165, 1.54) is 0 Å². The van der Waals surface area contributed by atoms with E-state index in [0.29, 0.717) is 44.3 Å². The zero-order valence-electron chi connectivity index (χ0n) is 12.9. The number of halogens is 2. The summed E-state index contributed by atoms with van der Waals surface area (Å²) in [5.74, 6) is 1.94. The van der Waals surface area contributed by atoms with Crippen LogP contribution >= 0.6 is 23.2 Å². The number of amides is 1. The van der Waals surface area contributed by atoms with E-state index in [4.69, 9.17) is 32.0 Å². The van der Waals surface area contributed by atoms with Crippen LogP contribution < -0.4 is 5.32 Å². The summed E-state index contributed by atoms with van der Waals surface area (Å²) in [5, 5.41) is 3.66. The molecule has 3 heterocycles. The van der Waals surface area contributed by atoms with Crippen LogP contribution in [0.5, 0.6) is 0 Å². The zero-order chi connectivity index (χ0) is 17.1. The minimum absolute atomic E-state index is 0.309. The Morgan fingerprint density at radius 3 is 1.92 bits per heavy atom. The van der Waals surface area contributed by atoms with Crippen molar-refractivity contribution in [3.63, 3.8) is 0 Å². The molecule has 24 heavy (non-hydrogen) atoms. The maximum absolute atomic E-state index is 13.1. The van der Waals surface area contributed by atoms with Crippen molar-refractivity contribution >= 4 is 34.8 Å². The van der Waals surface area contributed by atoms with Crippen molar-refractivity contribution in [3.8, 4) is 0 Å². The van der Waals surface area contributed by atoms with Crippen molar-refractivity contribution in [2.75, 3.05) is 5.32 Å². The molecule has 0 bridgehead atoms. The fourth-order valence-corrected chi connectivity index (χ4v) is 3.73. The summed E-state index contributed by atoms with van der Waals surface area (Å²) in [6.07, 6.45) is 0. The van der Waals surface area contributed by atoms with Crippen LogP contribution in [0, 0.1) is 13.8 Å². The summed E-state index contributed by atoms with van der Waals surface area (Å²) >= 11 is 12.8. The topological polar surface area (TPSA) is 55.4 Å². The Morgan fingerprint density at radius 2 is 1.42 bits per heavy atom. The Bertz CT molecular complexity index is 930. The van der Waals surface area contributed by atoms with E-state index in [2.05, 4.69) is 5.32 Å². The number of carbonyl (C=O) groups is 1. The van der Waals surface area contributed by atoms with E-state index >= 15 is 0 Å². The zero-order valence-corrected chi connectivity index (χ0v) is 14.5. The van der Waals surface area contributed by atoms with E-state index < -0.39 is 5.41 Å². The fourth-order valence-electron chi connectivity index (χ4n) is 3.23. The number of fused-ring (bicyclic) bond motifs is 1. The Kier molecular flexibility index (Phi) is 3.31. The van der Waals surface area contributed by atoms with Crippen LogP contribution in [0.25, 0.3) is 0 Å². The number of hydrogen-bond acceptors (Lipinski definition) is 3. The number of furan rings is 2. The SMILES string of the molecule is Cc1ccc(C2(c3ccc(C)o3)C(=O)Nc3c(Cl)ccc(Cl)c32)o1. The van der Waals surface area contributed by atoms with E-state index in [-0.39, 0.29) is 5.91 Å². The molecule has 0 fully saturated rings. The number of aryl methyl sites for hydroxylation is 2. The van der Waals surface area contributed by atoms with Crippen molar-refractivity contribution in [3.05, 3.63) is 75.0 Å². The molecular formula is C18H13Cl2NO3. The number of nitrogens with one attached hydrogen (secondary N) is 1. The lowest BCUT2D eigenvalue weighted by Crippen LogP contribution is -2.36. The van der Waals surface area contributed by atoms with Gasteiger partial charge in [-0.3, -0.25) is 4.79 Å². The minimum atomic E-state index is -1.31. The highest BCUT2D eigenvalue weighted by Crippen LogP contribution is 2.53. The first-order valence-corrected chi connectivity index (χ1v) is 8.14. The van der Waals surface area contributed by atoms with E-state index in [9.17, 15) is 4.79 Å². The standard InChI is InChI=1S/C18H13Cl2NO3/c1-9-3-7-13(23-9)18(14-8-4-10(2)24-14)15-11(19)5-6-12(20)16(15)21-17(18)22/h3-8H,1-2H3,(H,21,22). The van der Waals surface area contributed by atoms with Gasteiger partial charge in [0.25, 0.3) is 5.91 Å². The first kappa shape index (κ1) is 15.4. The molecule has 1 N–H and O–H groups in total. The van der Waals surface area contributed by atoms with Gasteiger partial charge < -0.3 is 14.2 Å². The van der Waals surface area contributed by atoms with Gasteiger partial charge in [-0.05, 0) is 50.2 Å². The van der Waals surface area contributed by atoms with E-state index in [1.807, 2.05) is 13.8 Å². The van der Waals surface area contributed by atoms with Crippen LogP contribution in [0.2, 0.25) is 10.0 Å². The third-order valence-electron chi connectivity index (χ3n) is 4.28. The second-order valence-electron chi connectivity index (χ2n) is 5.80. The lowest BCUT2D eigenvalue weighted by Gasteiger charge is -2.24. The first-order valence-electron chi connectivity index (χ1n) is 7.38. The van der Waals surface area contributed by atoms with Crippen LogP contribution in [0.15, 0.2) is 45.2 Å². The molecule has 3 aromatic rings. The molecule has 0 aliphatic carbocycles. The van der Waals surface area contributed by atoms with Gasteiger partial charge in [-0.2, -0.15) is 0 Å². The van der Waals surface area contributed by atoms with Crippen molar-refractivity contribution in [2.45, 2.75) is 19.3 Å². The Balaban J connectivity index is 2.14. The Labute approximate surface area is 148 Å². The molecule has 0 radical (unpaired) electrons. The van der Waals surface area contributed by atoms with Gasteiger partial charge >= 0.3 is 0 Å². The monoisotopic (exact) mass is 361 g/mol. The number of hydrogen-bond donors (Lipinski definition) is 1. The summed E-state index contributed by atoms with van der Waals surface area (Å²) in [4.78, 5) is 13.1. The predicted molar refractivity (Wildman–Crippen MR) is 91.9 cm³/mol. The average Bonchev–Trinajstić information content (AvgIpc) is 3.22. The lowest BCUT2D eigenvalue weighted by atomic mass is 9.77. The van der Waals surface area contributed by atoms with Gasteiger partial charge in [-0.1, -0.05) is 23.2 Å².